The van der Waals surface area contributed by atoms with E-state index >= 15 is 0 Å². The Balaban J connectivity index is 1.59. The Morgan fingerprint density at radius 1 is 0.963 bits per heavy atom. The van der Waals surface area contributed by atoms with Gasteiger partial charge in [0, 0.05) is 36.6 Å². The summed E-state index contributed by atoms with van der Waals surface area (Å²) in [5.41, 5.74) is 2.37. The Labute approximate surface area is 161 Å². The van der Waals surface area contributed by atoms with Gasteiger partial charge in [-0.1, -0.05) is 18.2 Å². The third-order valence-corrected chi connectivity index (χ3v) is 4.91. The van der Waals surface area contributed by atoms with Gasteiger partial charge in [-0.15, -0.1) is 0 Å². The number of anilines is 2. The highest BCUT2D eigenvalue weighted by Crippen LogP contribution is 2.18. The first kappa shape index (κ1) is 19.0. The van der Waals surface area contributed by atoms with Crippen LogP contribution in [0.1, 0.15) is 36.5 Å². The molecule has 1 N–H and O–H groups in total. The van der Waals surface area contributed by atoms with Crippen LogP contribution in [0, 0.1) is 0 Å². The fourth-order valence-corrected chi connectivity index (χ4v) is 3.37. The van der Waals surface area contributed by atoms with Crippen molar-refractivity contribution in [2.45, 2.75) is 26.2 Å². The van der Waals surface area contributed by atoms with Crippen LogP contribution in [0.3, 0.4) is 0 Å². The molecule has 1 heterocycles. The number of piperidine rings is 1. The van der Waals surface area contributed by atoms with Crippen LogP contribution in [0.4, 0.5) is 11.4 Å². The van der Waals surface area contributed by atoms with Gasteiger partial charge in [0.25, 0.3) is 5.91 Å². The first-order chi connectivity index (χ1) is 13.2. The predicted octanol–water partition coefficient (Wildman–Crippen LogP) is 3.78. The molecule has 0 aliphatic carbocycles. The van der Waals surface area contributed by atoms with Crippen LogP contribution in [-0.2, 0) is 4.79 Å². The summed E-state index contributed by atoms with van der Waals surface area (Å²) in [6.45, 7) is 4.58. The number of amides is 2. The molecule has 2 amide bonds. The van der Waals surface area contributed by atoms with Gasteiger partial charge in [0.2, 0.25) is 5.91 Å². The van der Waals surface area contributed by atoms with E-state index in [0.717, 1.165) is 37.3 Å². The number of carbonyl (C=O) groups excluding carboxylic acids is 2. The number of nitrogens with one attached hydrogen (secondary N) is 1. The lowest BCUT2D eigenvalue weighted by Gasteiger charge is -2.27. The number of likely N-dealkylation sites (tertiary alicyclic amines) is 1. The maximum atomic E-state index is 12.8. The highest BCUT2D eigenvalue weighted by atomic mass is 16.2. The minimum absolute atomic E-state index is 0.0281. The fraction of sp³-hybridized carbons (Fsp3) is 0.364. The lowest BCUT2D eigenvalue weighted by Crippen LogP contribution is -2.39. The second-order valence-electron chi connectivity index (χ2n) is 6.76. The van der Waals surface area contributed by atoms with Crippen molar-refractivity contribution in [2.75, 3.05) is 36.4 Å². The predicted molar refractivity (Wildman–Crippen MR) is 109 cm³/mol. The van der Waals surface area contributed by atoms with Gasteiger partial charge in [-0.05, 0) is 62.6 Å². The Kier molecular flexibility index (Phi) is 6.47. The maximum absolute atomic E-state index is 12.8. The second-order valence-corrected chi connectivity index (χ2v) is 6.76. The van der Waals surface area contributed by atoms with E-state index in [1.807, 2.05) is 66.4 Å². The summed E-state index contributed by atoms with van der Waals surface area (Å²) in [4.78, 5) is 28.7. The van der Waals surface area contributed by atoms with Gasteiger partial charge in [0.05, 0.1) is 6.54 Å². The molecule has 1 fully saturated rings. The van der Waals surface area contributed by atoms with Crippen molar-refractivity contribution < 1.29 is 9.59 Å². The van der Waals surface area contributed by atoms with Crippen molar-refractivity contribution in [3.63, 3.8) is 0 Å². The van der Waals surface area contributed by atoms with Crippen molar-refractivity contribution in [3.8, 4) is 0 Å². The monoisotopic (exact) mass is 365 g/mol. The molecule has 0 bridgehead atoms. The van der Waals surface area contributed by atoms with Gasteiger partial charge in [-0.2, -0.15) is 0 Å². The number of hydrogen-bond donors (Lipinski definition) is 1. The van der Waals surface area contributed by atoms with E-state index in [2.05, 4.69) is 5.32 Å². The molecular formula is C22H27N3O2. The van der Waals surface area contributed by atoms with Crippen molar-refractivity contribution >= 4 is 23.2 Å². The van der Waals surface area contributed by atoms with Crippen LogP contribution in [0.25, 0.3) is 0 Å². The van der Waals surface area contributed by atoms with E-state index in [9.17, 15) is 9.59 Å². The first-order valence-electron chi connectivity index (χ1n) is 9.67. The smallest absolute Gasteiger partial charge is 0.258 e. The topological polar surface area (TPSA) is 52.7 Å². The van der Waals surface area contributed by atoms with Crippen LogP contribution in [0.5, 0.6) is 0 Å². The van der Waals surface area contributed by atoms with Gasteiger partial charge >= 0.3 is 0 Å². The Bertz CT molecular complexity index is 753. The first-order valence-corrected chi connectivity index (χ1v) is 9.67. The lowest BCUT2D eigenvalue weighted by atomic mass is 10.1. The van der Waals surface area contributed by atoms with Crippen molar-refractivity contribution in [2.24, 2.45) is 0 Å². The second kappa shape index (κ2) is 9.21. The molecule has 0 radical (unpaired) electrons. The summed E-state index contributed by atoms with van der Waals surface area (Å²) in [5.74, 6) is 0.107. The Hall–Kier alpha value is -2.82. The molecule has 0 atom stereocenters. The summed E-state index contributed by atoms with van der Waals surface area (Å²) in [6, 6.07) is 17.0. The summed E-state index contributed by atoms with van der Waals surface area (Å²) < 4.78 is 0. The third kappa shape index (κ3) is 4.88. The van der Waals surface area contributed by atoms with Crippen molar-refractivity contribution in [3.05, 3.63) is 60.2 Å². The zero-order chi connectivity index (χ0) is 19.1. The lowest BCUT2D eigenvalue weighted by molar-refractivity contribution is -0.130. The molecule has 2 aromatic rings. The van der Waals surface area contributed by atoms with E-state index < -0.39 is 0 Å². The minimum Gasteiger partial charge on any atom is -0.376 e. The molecule has 142 valence electrons. The Morgan fingerprint density at radius 3 is 2.26 bits per heavy atom. The molecular weight excluding hydrogens is 338 g/mol. The van der Waals surface area contributed by atoms with Crippen LogP contribution in [0.2, 0.25) is 0 Å². The van der Waals surface area contributed by atoms with E-state index in [-0.39, 0.29) is 11.8 Å². The molecule has 2 aromatic carbocycles. The van der Waals surface area contributed by atoms with E-state index in [0.29, 0.717) is 18.7 Å². The quantitative estimate of drug-likeness (QED) is 0.848. The zero-order valence-corrected chi connectivity index (χ0v) is 15.9. The standard InChI is InChI=1S/C22H27N3O2/c1-2-25(20-9-5-3-6-10-20)22(27)18-11-13-19(14-12-18)23-17-21(26)24-15-7-4-8-16-24/h3,5-6,9-14,23H,2,4,7-8,15-17H2,1H3. The number of hydrogen-bond acceptors (Lipinski definition) is 3. The van der Waals surface area contributed by atoms with E-state index in [1.54, 1.807) is 4.90 Å². The summed E-state index contributed by atoms with van der Waals surface area (Å²) in [7, 11) is 0. The fourth-order valence-electron chi connectivity index (χ4n) is 3.37. The van der Waals surface area contributed by atoms with Crippen molar-refractivity contribution in [1.29, 1.82) is 0 Å². The average Bonchev–Trinajstić information content (AvgIpc) is 2.74. The maximum Gasteiger partial charge on any atom is 0.258 e. The molecule has 0 unspecified atom stereocenters. The van der Waals surface area contributed by atoms with E-state index in [1.165, 1.54) is 6.42 Å². The Morgan fingerprint density at radius 2 is 1.63 bits per heavy atom. The third-order valence-electron chi connectivity index (χ3n) is 4.91. The largest absolute Gasteiger partial charge is 0.376 e. The highest BCUT2D eigenvalue weighted by Gasteiger charge is 2.17. The summed E-state index contributed by atoms with van der Waals surface area (Å²) in [6.07, 6.45) is 3.40. The average molecular weight is 365 g/mol. The highest BCUT2D eigenvalue weighted by molar-refractivity contribution is 6.06. The van der Waals surface area contributed by atoms with Gasteiger partial charge in [-0.25, -0.2) is 0 Å². The molecule has 1 aliphatic rings. The zero-order valence-electron chi connectivity index (χ0n) is 15.9. The van der Waals surface area contributed by atoms with Crippen LogP contribution in [0.15, 0.2) is 54.6 Å². The number of carbonyl (C=O) groups is 2. The van der Waals surface area contributed by atoms with Crippen LogP contribution < -0.4 is 10.2 Å². The minimum atomic E-state index is -0.0281. The van der Waals surface area contributed by atoms with Crippen molar-refractivity contribution in [1.82, 2.24) is 4.90 Å². The molecule has 5 nitrogen and oxygen atoms in total. The van der Waals surface area contributed by atoms with Crippen LogP contribution in [-0.4, -0.2) is 42.9 Å². The molecule has 3 rings (SSSR count). The summed E-state index contributed by atoms with van der Waals surface area (Å²) >= 11 is 0. The molecule has 0 aromatic heterocycles. The van der Waals surface area contributed by atoms with Gasteiger partial charge in [0.15, 0.2) is 0 Å². The number of nitrogens with zero attached hydrogens (tertiary/aromatic N) is 2. The molecule has 27 heavy (non-hydrogen) atoms. The number of benzene rings is 2. The van der Waals surface area contributed by atoms with Crippen LogP contribution >= 0.6 is 0 Å². The molecule has 5 heteroatoms. The summed E-state index contributed by atoms with van der Waals surface area (Å²) in [5, 5.41) is 3.17. The molecule has 1 aliphatic heterocycles. The van der Waals surface area contributed by atoms with Gasteiger partial charge in [0.1, 0.15) is 0 Å². The van der Waals surface area contributed by atoms with Gasteiger partial charge < -0.3 is 15.1 Å². The normalized spacial score (nSPS) is 13.9. The SMILES string of the molecule is CCN(C(=O)c1ccc(NCC(=O)N2CCCCC2)cc1)c1ccccc1. The molecule has 0 spiro atoms. The number of para-hydroxylation sites is 1. The molecule has 1 saturated heterocycles. The van der Waals surface area contributed by atoms with E-state index in [4.69, 9.17) is 0 Å². The number of rotatable bonds is 6. The molecule has 0 saturated carbocycles. The van der Waals surface area contributed by atoms with Gasteiger partial charge in [-0.3, -0.25) is 9.59 Å².